The van der Waals surface area contributed by atoms with Gasteiger partial charge in [0.25, 0.3) is 0 Å². The molecule has 16 heavy (non-hydrogen) atoms. The average molecular weight is 208 g/mol. The average Bonchev–Trinajstić information content (AvgIpc) is 2.32. The summed E-state index contributed by atoms with van der Waals surface area (Å²) in [5.41, 5.74) is 9.57. The SMILES string of the molecule is [C-]#[N+]c1cccc(Cc2ccccc2N)c1. The van der Waals surface area contributed by atoms with Gasteiger partial charge in [-0.15, -0.1) is 0 Å². The standard InChI is InChI=1S/C14H12N2/c1-16-13-7-4-5-11(10-13)9-12-6-2-3-8-14(12)15/h2-8,10H,9,15H2. The van der Waals surface area contributed by atoms with Crippen LogP contribution in [0, 0.1) is 6.57 Å². The normalized spacial score (nSPS) is 9.69. The molecular weight excluding hydrogens is 196 g/mol. The highest BCUT2D eigenvalue weighted by molar-refractivity contribution is 5.51. The number of para-hydroxylation sites is 1. The summed E-state index contributed by atoms with van der Waals surface area (Å²) in [6.45, 7) is 6.96. The third-order valence-electron chi connectivity index (χ3n) is 2.49. The van der Waals surface area contributed by atoms with Crippen molar-refractivity contribution >= 4 is 11.4 Å². The van der Waals surface area contributed by atoms with E-state index in [1.165, 1.54) is 0 Å². The van der Waals surface area contributed by atoms with Crippen LogP contribution in [0.3, 0.4) is 0 Å². The van der Waals surface area contributed by atoms with Crippen LogP contribution < -0.4 is 5.73 Å². The van der Waals surface area contributed by atoms with Crippen LogP contribution in [0.1, 0.15) is 11.1 Å². The first-order valence-corrected chi connectivity index (χ1v) is 5.09. The van der Waals surface area contributed by atoms with E-state index in [1.807, 2.05) is 48.5 Å². The van der Waals surface area contributed by atoms with E-state index < -0.39 is 0 Å². The quantitative estimate of drug-likeness (QED) is 0.595. The maximum Gasteiger partial charge on any atom is 0.187 e. The number of hydrogen-bond donors (Lipinski definition) is 1. The molecule has 0 fully saturated rings. The summed E-state index contributed by atoms with van der Waals surface area (Å²) >= 11 is 0. The van der Waals surface area contributed by atoms with Gasteiger partial charge in [-0.3, -0.25) is 0 Å². The molecule has 2 aromatic rings. The van der Waals surface area contributed by atoms with Crippen LogP contribution in [0.15, 0.2) is 48.5 Å². The van der Waals surface area contributed by atoms with Crippen LogP contribution in [0.2, 0.25) is 0 Å². The Morgan fingerprint density at radius 1 is 1.06 bits per heavy atom. The number of nitrogen functional groups attached to an aromatic ring is 1. The Morgan fingerprint density at radius 3 is 2.62 bits per heavy atom. The number of benzene rings is 2. The maximum absolute atomic E-state index is 6.96. The number of nitrogens with two attached hydrogens (primary N) is 1. The lowest BCUT2D eigenvalue weighted by Crippen LogP contribution is -1.94. The Balaban J connectivity index is 2.28. The van der Waals surface area contributed by atoms with E-state index >= 15 is 0 Å². The minimum absolute atomic E-state index is 0.673. The van der Waals surface area contributed by atoms with E-state index in [9.17, 15) is 0 Å². The molecule has 0 aromatic heterocycles. The van der Waals surface area contributed by atoms with Crippen molar-refractivity contribution in [2.45, 2.75) is 6.42 Å². The van der Waals surface area contributed by atoms with Crippen LogP contribution in [0.25, 0.3) is 4.85 Å². The first kappa shape index (κ1) is 10.3. The molecular formula is C14H12N2. The fourth-order valence-electron chi connectivity index (χ4n) is 1.65. The summed E-state index contributed by atoms with van der Waals surface area (Å²) in [6, 6.07) is 15.4. The van der Waals surface area contributed by atoms with Crippen LogP contribution in [-0.4, -0.2) is 0 Å². The third kappa shape index (κ3) is 2.21. The van der Waals surface area contributed by atoms with Crippen LogP contribution >= 0.6 is 0 Å². The molecule has 0 saturated heterocycles. The van der Waals surface area contributed by atoms with Crippen molar-refractivity contribution in [1.82, 2.24) is 0 Å². The predicted octanol–water partition coefficient (Wildman–Crippen LogP) is 3.41. The highest BCUT2D eigenvalue weighted by Gasteiger charge is 2.00. The summed E-state index contributed by atoms with van der Waals surface area (Å²) in [6.07, 6.45) is 0.774. The van der Waals surface area contributed by atoms with E-state index in [0.717, 1.165) is 23.2 Å². The van der Waals surface area contributed by atoms with Gasteiger partial charge < -0.3 is 5.73 Å². The Morgan fingerprint density at radius 2 is 1.88 bits per heavy atom. The fraction of sp³-hybridized carbons (Fsp3) is 0.0714. The second kappa shape index (κ2) is 4.50. The molecule has 0 saturated carbocycles. The molecule has 0 atom stereocenters. The van der Waals surface area contributed by atoms with Gasteiger partial charge in [0.2, 0.25) is 0 Å². The zero-order valence-corrected chi connectivity index (χ0v) is 8.85. The zero-order valence-electron chi connectivity index (χ0n) is 8.85. The van der Waals surface area contributed by atoms with Gasteiger partial charge in [0.05, 0.1) is 6.57 Å². The predicted molar refractivity (Wildman–Crippen MR) is 66.4 cm³/mol. The summed E-state index contributed by atoms with van der Waals surface area (Å²) < 4.78 is 0. The van der Waals surface area contributed by atoms with Gasteiger partial charge in [0.1, 0.15) is 0 Å². The Hall–Kier alpha value is -2.27. The van der Waals surface area contributed by atoms with Gasteiger partial charge >= 0.3 is 0 Å². The molecule has 78 valence electrons. The molecule has 0 aliphatic rings. The van der Waals surface area contributed by atoms with Gasteiger partial charge in [-0.2, -0.15) is 0 Å². The molecule has 2 heteroatoms. The Bertz CT molecular complexity index is 538. The molecule has 0 heterocycles. The van der Waals surface area contributed by atoms with Gasteiger partial charge in [-0.05, 0) is 18.1 Å². The van der Waals surface area contributed by atoms with Crippen molar-refractivity contribution in [3.8, 4) is 0 Å². The van der Waals surface area contributed by atoms with Gasteiger partial charge in [-0.1, -0.05) is 48.0 Å². The molecule has 2 N–H and O–H groups in total. The van der Waals surface area contributed by atoms with Gasteiger partial charge in [-0.25, -0.2) is 4.85 Å². The molecule has 2 nitrogen and oxygen atoms in total. The number of rotatable bonds is 2. The molecule has 0 bridgehead atoms. The minimum Gasteiger partial charge on any atom is -0.398 e. The largest absolute Gasteiger partial charge is 0.398 e. The topological polar surface area (TPSA) is 30.4 Å². The molecule has 2 rings (SSSR count). The van der Waals surface area contributed by atoms with Crippen molar-refractivity contribution in [1.29, 1.82) is 0 Å². The molecule has 0 aliphatic carbocycles. The van der Waals surface area contributed by atoms with Crippen molar-refractivity contribution in [2.75, 3.05) is 5.73 Å². The van der Waals surface area contributed by atoms with Crippen LogP contribution in [0.4, 0.5) is 11.4 Å². The summed E-state index contributed by atoms with van der Waals surface area (Å²) in [5, 5.41) is 0. The van der Waals surface area contributed by atoms with Crippen molar-refractivity contribution in [3.63, 3.8) is 0 Å². The second-order valence-corrected chi connectivity index (χ2v) is 3.66. The zero-order chi connectivity index (χ0) is 11.4. The number of anilines is 1. The van der Waals surface area contributed by atoms with Gasteiger partial charge in [0, 0.05) is 5.69 Å². The molecule has 0 amide bonds. The summed E-state index contributed by atoms with van der Waals surface area (Å²) in [7, 11) is 0. The molecule has 2 aromatic carbocycles. The Kier molecular flexibility index (Phi) is 2.88. The summed E-state index contributed by atoms with van der Waals surface area (Å²) in [5.74, 6) is 0. The van der Waals surface area contributed by atoms with E-state index in [4.69, 9.17) is 12.3 Å². The Labute approximate surface area is 95.2 Å². The van der Waals surface area contributed by atoms with E-state index in [2.05, 4.69) is 4.85 Å². The van der Waals surface area contributed by atoms with Crippen molar-refractivity contribution < 1.29 is 0 Å². The monoisotopic (exact) mass is 208 g/mol. The first-order valence-electron chi connectivity index (χ1n) is 5.09. The molecule has 0 aliphatic heterocycles. The molecule has 0 spiro atoms. The van der Waals surface area contributed by atoms with E-state index in [-0.39, 0.29) is 0 Å². The lowest BCUT2D eigenvalue weighted by Gasteiger charge is -2.05. The van der Waals surface area contributed by atoms with Crippen LogP contribution in [-0.2, 0) is 6.42 Å². The fourth-order valence-corrected chi connectivity index (χ4v) is 1.65. The first-order chi connectivity index (χ1) is 7.79. The van der Waals surface area contributed by atoms with Gasteiger partial charge in [0.15, 0.2) is 5.69 Å². The maximum atomic E-state index is 6.96. The van der Waals surface area contributed by atoms with Crippen molar-refractivity contribution in [2.24, 2.45) is 0 Å². The van der Waals surface area contributed by atoms with E-state index in [0.29, 0.717) is 5.69 Å². The van der Waals surface area contributed by atoms with Crippen LogP contribution in [0.5, 0.6) is 0 Å². The summed E-state index contributed by atoms with van der Waals surface area (Å²) in [4.78, 5) is 3.41. The molecule has 0 unspecified atom stereocenters. The third-order valence-corrected chi connectivity index (χ3v) is 2.49. The lowest BCUT2D eigenvalue weighted by atomic mass is 10.0. The molecule has 0 radical (unpaired) electrons. The van der Waals surface area contributed by atoms with Crippen molar-refractivity contribution in [3.05, 3.63) is 71.1 Å². The second-order valence-electron chi connectivity index (χ2n) is 3.66. The van der Waals surface area contributed by atoms with E-state index in [1.54, 1.807) is 0 Å². The highest BCUT2D eigenvalue weighted by Crippen LogP contribution is 2.19. The smallest absolute Gasteiger partial charge is 0.187 e. The minimum atomic E-state index is 0.673. The number of hydrogen-bond acceptors (Lipinski definition) is 1. The number of nitrogens with zero attached hydrogens (tertiary/aromatic N) is 1. The highest BCUT2D eigenvalue weighted by atomic mass is 14.6. The lowest BCUT2D eigenvalue weighted by molar-refractivity contribution is 1.20.